The predicted molar refractivity (Wildman–Crippen MR) is 103 cm³/mol. The molecule has 144 valence electrons. The van der Waals surface area contributed by atoms with Gasteiger partial charge < -0.3 is 16.8 Å². The third kappa shape index (κ3) is 4.88. The maximum absolute atomic E-state index is 11.5. The average molecular weight is 371 g/mol. The summed E-state index contributed by atoms with van der Waals surface area (Å²) in [6.45, 7) is 1.17. The fourth-order valence-electron chi connectivity index (χ4n) is 3.57. The van der Waals surface area contributed by atoms with E-state index in [1.54, 1.807) is 12.4 Å². The highest BCUT2D eigenvalue weighted by atomic mass is 16.6. The Kier molecular flexibility index (Phi) is 6.12. The van der Waals surface area contributed by atoms with Crippen molar-refractivity contribution in [2.24, 2.45) is 17.6 Å². The number of hydrogen-bond acceptors (Lipinski definition) is 8. The highest BCUT2D eigenvalue weighted by Crippen LogP contribution is 2.33. The first-order valence-corrected chi connectivity index (χ1v) is 9.20. The van der Waals surface area contributed by atoms with Crippen molar-refractivity contribution in [3.8, 4) is 0 Å². The quantitative estimate of drug-likeness (QED) is 0.496. The second-order valence-corrected chi connectivity index (χ2v) is 7.03. The molecule has 2 heterocycles. The molecule has 0 radical (unpaired) electrons. The van der Waals surface area contributed by atoms with Gasteiger partial charge in [-0.1, -0.05) is 6.07 Å². The molecule has 0 atom stereocenters. The Morgan fingerprint density at radius 2 is 1.96 bits per heavy atom. The zero-order valence-electron chi connectivity index (χ0n) is 15.2. The van der Waals surface area contributed by atoms with Crippen LogP contribution in [0.3, 0.4) is 0 Å². The Bertz CT molecular complexity index is 777. The van der Waals surface area contributed by atoms with Gasteiger partial charge in [-0.15, -0.1) is 0 Å². The van der Waals surface area contributed by atoms with Gasteiger partial charge in [0.15, 0.2) is 0 Å². The zero-order valence-corrected chi connectivity index (χ0v) is 15.2. The molecule has 0 amide bonds. The van der Waals surface area contributed by atoms with E-state index in [4.69, 9.17) is 11.5 Å². The first-order chi connectivity index (χ1) is 13.1. The van der Waals surface area contributed by atoms with Crippen LogP contribution in [0, 0.1) is 22.0 Å². The summed E-state index contributed by atoms with van der Waals surface area (Å²) in [6, 6.07) is 3.76. The van der Waals surface area contributed by atoms with Crippen LogP contribution in [0.5, 0.6) is 0 Å². The number of pyridine rings is 1. The summed E-state index contributed by atoms with van der Waals surface area (Å²) in [5.74, 6) is 1.11. The van der Waals surface area contributed by atoms with E-state index in [0.29, 0.717) is 43.0 Å². The number of nitro groups is 1. The number of anilines is 2. The van der Waals surface area contributed by atoms with Crippen molar-refractivity contribution >= 4 is 17.5 Å². The number of nitrogens with two attached hydrogens (primary N) is 2. The minimum absolute atomic E-state index is 0.102. The normalized spacial score (nSPS) is 19.6. The van der Waals surface area contributed by atoms with Crippen LogP contribution in [0.15, 0.2) is 24.5 Å². The lowest BCUT2D eigenvalue weighted by Crippen LogP contribution is -2.23. The number of nitrogens with zero attached hydrogens (tertiary/aromatic N) is 4. The molecule has 0 spiro atoms. The Morgan fingerprint density at radius 1 is 1.22 bits per heavy atom. The van der Waals surface area contributed by atoms with Gasteiger partial charge in [0.25, 0.3) is 0 Å². The molecule has 0 saturated heterocycles. The van der Waals surface area contributed by atoms with Gasteiger partial charge in [0.1, 0.15) is 5.69 Å². The highest BCUT2D eigenvalue weighted by molar-refractivity contribution is 5.58. The van der Waals surface area contributed by atoms with Gasteiger partial charge in [0.2, 0.25) is 11.8 Å². The Hall–Kier alpha value is -2.81. The summed E-state index contributed by atoms with van der Waals surface area (Å²) < 4.78 is 0. The standard InChI is InChI=1S/C18H25N7O2/c19-9-13-5-3-12(4-6-13)8-15-16(25(26)27)17(20)24-18(23-15)22-11-14-2-1-7-21-10-14/h1-2,7,10,12-13H,3-6,8-9,11,19H2,(H3,20,22,23,24). The summed E-state index contributed by atoms with van der Waals surface area (Å²) in [5.41, 5.74) is 12.8. The van der Waals surface area contributed by atoms with Crippen molar-refractivity contribution in [2.75, 3.05) is 17.6 Å². The third-order valence-electron chi connectivity index (χ3n) is 5.12. The first-order valence-electron chi connectivity index (χ1n) is 9.20. The molecule has 9 heteroatoms. The molecule has 0 unspecified atom stereocenters. The Morgan fingerprint density at radius 3 is 2.59 bits per heavy atom. The number of nitrogen functional groups attached to an aromatic ring is 1. The molecule has 3 rings (SSSR count). The highest BCUT2D eigenvalue weighted by Gasteiger charge is 2.27. The van der Waals surface area contributed by atoms with Gasteiger partial charge in [-0.05, 0) is 62.1 Å². The molecule has 27 heavy (non-hydrogen) atoms. The maximum Gasteiger partial charge on any atom is 0.332 e. The molecule has 1 fully saturated rings. The van der Waals surface area contributed by atoms with Crippen LogP contribution in [-0.4, -0.2) is 26.4 Å². The molecule has 0 bridgehead atoms. The molecular weight excluding hydrogens is 346 g/mol. The van der Waals surface area contributed by atoms with Crippen LogP contribution in [0.1, 0.15) is 36.9 Å². The summed E-state index contributed by atoms with van der Waals surface area (Å²) in [5, 5.41) is 14.6. The van der Waals surface area contributed by atoms with Crippen molar-refractivity contribution < 1.29 is 4.92 Å². The Balaban J connectivity index is 1.76. The second-order valence-electron chi connectivity index (χ2n) is 7.03. The first kappa shape index (κ1) is 19.0. The summed E-state index contributed by atoms with van der Waals surface area (Å²) in [4.78, 5) is 23.5. The molecule has 9 nitrogen and oxygen atoms in total. The maximum atomic E-state index is 11.5. The van der Waals surface area contributed by atoms with E-state index in [1.165, 1.54) is 0 Å². The van der Waals surface area contributed by atoms with Crippen LogP contribution in [0.25, 0.3) is 0 Å². The summed E-state index contributed by atoms with van der Waals surface area (Å²) in [6.07, 6.45) is 8.08. The lowest BCUT2D eigenvalue weighted by Gasteiger charge is -2.27. The SMILES string of the molecule is NCC1CCC(Cc2nc(NCc3cccnc3)nc(N)c2[N+](=O)[O-])CC1. The monoisotopic (exact) mass is 371 g/mol. The van der Waals surface area contributed by atoms with Crippen LogP contribution >= 0.6 is 0 Å². The van der Waals surface area contributed by atoms with E-state index < -0.39 is 4.92 Å². The van der Waals surface area contributed by atoms with Gasteiger partial charge >= 0.3 is 5.69 Å². The smallest absolute Gasteiger partial charge is 0.332 e. The molecule has 1 saturated carbocycles. The lowest BCUT2D eigenvalue weighted by molar-refractivity contribution is -0.385. The predicted octanol–water partition coefficient (Wildman–Crippen LogP) is 2.28. The van der Waals surface area contributed by atoms with Crippen molar-refractivity contribution in [3.05, 3.63) is 45.9 Å². The number of nitrogens with one attached hydrogen (secondary N) is 1. The van der Waals surface area contributed by atoms with Crippen molar-refractivity contribution in [1.82, 2.24) is 15.0 Å². The molecule has 1 aliphatic rings. The van der Waals surface area contributed by atoms with E-state index >= 15 is 0 Å². The van der Waals surface area contributed by atoms with E-state index in [1.807, 2.05) is 12.1 Å². The van der Waals surface area contributed by atoms with Gasteiger partial charge in [-0.25, -0.2) is 4.98 Å². The van der Waals surface area contributed by atoms with Crippen molar-refractivity contribution in [3.63, 3.8) is 0 Å². The summed E-state index contributed by atoms with van der Waals surface area (Å²) >= 11 is 0. The van der Waals surface area contributed by atoms with Gasteiger partial charge in [-0.2, -0.15) is 4.98 Å². The third-order valence-corrected chi connectivity index (χ3v) is 5.12. The van der Waals surface area contributed by atoms with E-state index in [9.17, 15) is 10.1 Å². The van der Waals surface area contributed by atoms with E-state index in [-0.39, 0.29) is 11.5 Å². The van der Waals surface area contributed by atoms with Crippen LogP contribution in [0.2, 0.25) is 0 Å². The number of hydrogen-bond donors (Lipinski definition) is 3. The Labute approximate surface area is 157 Å². The molecule has 1 aliphatic carbocycles. The van der Waals surface area contributed by atoms with Gasteiger partial charge in [0, 0.05) is 18.9 Å². The topological polar surface area (TPSA) is 146 Å². The van der Waals surface area contributed by atoms with Crippen LogP contribution in [0.4, 0.5) is 17.5 Å². The van der Waals surface area contributed by atoms with Gasteiger partial charge in [-0.3, -0.25) is 15.1 Å². The van der Waals surface area contributed by atoms with Crippen LogP contribution < -0.4 is 16.8 Å². The lowest BCUT2D eigenvalue weighted by atomic mass is 9.80. The van der Waals surface area contributed by atoms with E-state index in [0.717, 1.165) is 31.2 Å². The average Bonchev–Trinajstić information content (AvgIpc) is 2.67. The number of aromatic nitrogens is 3. The summed E-state index contributed by atoms with van der Waals surface area (Å²) in [7, 11) is 0. The molecule has 0 aliphatic heterocycles. The molecule has 2 aromatic heterocycles. The molecule has 2 aromatic rings. The van der Waals surface area contributed by atoms with Crippen molar-refractivity contribution in [2.45, 2.75) is 38.6 Å². The fraction of sp³-hybridized carbons (Fsp3) is 0.500. The second kappa shape index (κ2) is 8.72. The molecular formula is C18H25N7O2. The molecule has 5 N–H and O–H groups in total. The minimum atomic E-state index is -0.485. The minimum Gasteiger partial charge on any atom is -0.378 e. The fourth-order valence-corrected chi connectivity index (χ4v) is 3.57. The largest absolute Gasteiger partial charge is 0.378 e. The van der Waals surface area contributed by atoms with Gasteiger partial charge in [0.05, 0.1) is 4.92 Å². The van der Waals surface area contributed by atoms with Crippen LogP contribution in [-0.2, 0) is 13.0 Å². The molecule has 0 aromatic carbocycles. The van der Waals surface area contributed by atoms with Crippen molar-refractivity contribution in [1.29, 1.82) is 0 Å². The number of rotatable bonds is 7. The zero-order chi connectivity index (χ0) is 19.2. The van der Waals surface area contributed by atoms with E-state index in [2.05, 4.69) is 20.3 Å².